The lowest BCUT2D eigenvalue weighted by Gasteiger charge is -2.37. The summed E-state index contributed by atoms with van der Waals surface area (Å²) in [4.78, 5) is 15.4. The number of carbonyl (C=O) groups excluding carboxylic acids is 1. The van der Waals surface area contributed by atoms with Crippen molar-refractivity contribution in [2.45, 2.75) is 38.5 Å². The van der Waals surface area contributed by atoms with Crippen LogP contribution in [0.1, 0.15) is 48.0 Å². The molecule has 1 aromatic carbocycles. The van der Waals surface area contributed by atoms with Gasteiger partial charge in [-0.3, -0.25) is 4.79 Å². The van der Waals surface area contributed by atoms with Gasteiger partial charge < -0.3 is 4.90 Å². The molecular weight excluding hydrogens is 338 g/mol. The van der Waals surface area contributed by atoms with Crippen LogP contribution in [0.4, 0.5) is 0 Å². The second-order valence-corrected chi connectivity index (χ2v) is 7.25. The summed E-state index contributed by atoms with van der Waals surface area (Å²) >= 11 is 0. The maximum absolute atomic E-state index is 12.8. The molecule has 1 atom stereocenters. The number of halogens is 1. The number of carbonyl (C=O) groups is 1. The number of Topliss-reactive ketones (excluding diaryl/α,β-unsaturated/α-hetero) is 1. The molecule has 1 heterocycles. The van der Waals surface area contributed by atoms with Crippen LogP contribution >= 0.6 is 17.0 Å². The third-order valence-electron chi connectivity index (χ3n) is 5.76. The average molecular weight is 364 g/mol. The van der Waals surface area contributed by atoms with Gasteiger partial charge in [0.1, 0.15) is 0 Å². The van der Waals surface area contributed by atoms with E-state index in [1.165, 1.54) is 50.9 Å². The van der Waals surface area contributed by atoms with Crippen LogP contribution < -0.4 is 0 Å². The number of ketones is 1. The Hall–Kier alpha value is -0.670. The number of aryl methyl sites for hydroxylation is 1. The van der Waals surface area contributed by atoms with Crippen molar-refractivity contribution >= 4 is 22.8 Å². The summed E-state index contributed by atoms with van der Waals surface area (Å²) in [5.74, 6) is 2.34. The summed E-state index contributed by atoms with van der Waals surface area (Å²) in [6.45, 7) is 3.74. The van der Waals surface area contributed by atoms with Crippen molar-refractivity contribution in [1.82, 2.24) is 4.90 Å². The van der Waals surface area contributed by atoms with E-state index in [9.17, 15) is 4.79 Å². The normalized spacial score (nSPS) is 26.4. The van der Waals surface area contributed by atoms with Gasteiger partial charge in [0.25, 0.3) is 0 Å². The molecule has 0 aromatic heterocycles. The summed E-state index contributed by atoms with van der Waals surface area (Å²) in [5, 5.41) is 0. The van der Waals surface area contributed by atoms with Gasteiger partial charge in [-0.05, 0) is 69.0 Å². The molecule has 1 saturated heterocycles. The fraction of sp³-hybridized carbons (Fsp3) is 0.632. The highest BCUT2D eigenvalue weighted by molar-refractivity contribution is 8.93. The molecule has 120 valence electrons. The first-order valence-corrected chi connectivity index (χ1v) is 8.66. The number of likely N-dealkylation sites (tertiary alicyclic amines) is 1. The fourth-order valence-corrected chi connectivity index (χ4v) is 4.27. The van der Waals surface area contributed by atoms with E-state index in [0.717, 1.165) is 24.3 Å². The van der Waals surface area contributed by atoms with Crippen LogP contribution in [-0.2, 0) is 6.42 Å². The number of fused-ring (bicyclic) bond motifs is 1. The van der Waals surface area contributed by atoms with Crippen molar-refractivity contribution in [3.05, 3.63) is 35.4 Å². The zero-order valence-electron chi connectivity index (χ0n) is 13.2. The summed E-state index contributed by atoms with van der Waals surface area (Å²) in [5.41, 5.74) is 2.28. The molecule has 2 fully saturated rings. The van der Waals surface area contributed by atoms with Crippen LogP contribution in [0, 0.1) is 17.8 Å². The van der Waals surface area contributed by atoms with E-state index in [1.807, 2.05) is 12.1 Å². The number of hydrogen-bond acceptors (Lipinski definition) is 2. The molecule has 1 aliphatic heterocycles. The predicted molar refractivity (Wildman–Crippen MR) is 94.8 cm³/mol. The van der Waals surface area contributed by atoms with E-state index < -0.39 is 0 Å². The van der Waals surface area contributed by atoms with E-state index in [0.29, 0.717) is 17.6 Å². The van der Waals surface area contributed by atoms with Gasteiger partial charge in [-0.25, -0.2) is 0 Å². The van der Waals surface area contributed by atoms with Crippen molar-refractivity contribution in [2.75, 3.05) is 19.6 Å². The highest BCUT2D eigenvalue weighted by atomic mass is 79.9. The Balaban J connectivity index is 0.00000144. The Morgan fingerprint density at radius 3 is 2.45 bits per heavy atom. The number of nitrogens with zero attached hydrogens (tertiary/aromatic N) is 1. The smallest absolute Gasteiger partial charge is 0.166 e. The molecule has 0 spiro atoms. The molecule has 22 heavy (non-hydrogen) atoms. The topological polar surface area (TPSA) is 20.3 Å². The highest BCUT2D eigenvalue weighted by Gasteiger charge is 2.35. The second-order valence-electron chi connectivity index (χ2n) is 7.25. The van der Waals surface area contributed by atoms with Crippen LogP contribution in [0.5, 0.6) is 0 Å². The van der Waals surface area contributed by atoms with Gasteiger partial charge in [0.15, 0.2) is 5.78 Å². The first kappa shape index (κ1) is 16.2. The molecule has 0 N–H and O–H groups in total. The summed E-state index contributed by atoms with van der Waals surface area (Å²) in [6.07, 6.45) is 7.50. The first-order chi connectivity index (χ1) is 10.3. The van der Waals surface area contributed by atoms with Crippen LogP contribution in [0.3, 0.4) is 0 Å². The van der Waals surface area contributed by atoms with E-state index in [2.05, 4.69) is 17.0 Å². The third kappa shape index (κ3) is 3.30. The summed E-state index contributed by atoms with van der Waals surface area (Å²) < 4.78 is 0. The molecule has 1 aromatic rings. The van der Waals surface area contributed by atoms with E-state index in [4.69, 9.17) is 0 Å². The molecule has 4 rings (SSSR count). The highest BCUT2D eigenvalue weighted by Crippen LogP contribution is 2.36. The standard InChI is InChI=1S/C19H25NO.BrH/c21-19-17-4-2-1-3-15(17)7-8-18(19)16-9-11-20(12-10-16)13-14-5-6-14;/h1-4,14,16,18H,5-13H2;1H. The zero-order chi connectivity index (χ0) is 14.2. The van der Waals surface area contributed by atoms with Crippen LogP contribution in [-0.4, -0.2) is 30.3 Å². The maximum Gasteiger partial charge on any atom is 0.166 e. The number of rotatable bonds is 3. The maximum atomic E-state index is 12.8. The molecule has 0 radical (unpaired) electrons. The minimum absolute atomic E-state index is 0. The molecule has 1 unspecified atom stereocenters. The van der Waals surface area contributed by atoms with Gasteiger partial charge in [-0.1, -0.05) is 24.3 Å². The van der Waals surface area contributed by atoms with Gasteiger partial charge in [0.05, 0.1) is 0 Å². The monoisotopic (exact) mass is 363 g/mol. The number of benzene rings is 1. The van der Waals surface area contributed by atoms with Gasteiger partial charge in [-0.2, -0.15) is 0 Å². The van der Waals surface area contributed by atoms with Crippen LogP contribution in [0.2, 0.25) is 0 Å². The minimum Gasteiger partial charge on any atom is -0.303 e. The molecule has 3 heteroatoms. The lowest BCUT2D eigenvalue weighted by atomic mass is 9.73. The number of piperidine rings is 1. The number of hydrogen-bond donors (Lipinski definition) is 0. The zero-order valence-corrected chi connectivity index (χ0v) is 14.9. The van der Waals surface area contributed by atoms with Gasteiger partial charge in [-0.15, -0.1) is 17.0 Å². The Labute approximate surface area is 144 Å². The summed E-state index contributed by atoms with van der Waals surface area (Å²) in [6, 6.07) is 8.23. The van der Waals surface area contributed by atoms with Crippen LogP contribution in [0.15, 0.2) is 24.3 Å². The lowest BCUT2D eigenvalue weighted by molar-refractivity contribution is 0.0764. The van der Waals surface area contributed by atoms with E-state index in [-0.39, 0.29) is 17.0 Å². The molecule has 1 saturated carbocycles. The average Bonchev–Trinajstić information content (AvgIpc) is 3.33. The van der Waals surface area contributed by atoms with E-state index >= 15 is 0 Å². The quantitative estimate of drug-likeness (QED) is 0.804. The first-order valence-electron chi connectivity index (χ1n) is 8.66. The molecule has 0 bridgehead atoms. The van der Waals surface area contributed by atoms with Crippen LogP contribution in [0.25, 0.3) is 0 Å². The Morgan fingerprint density at radius 2 is 1.73 bits per heavy atom. The molecular formula is C19H26BrNO. The van der Waals surface area contributed by atoms with Crippen molar-refractivity contribution in [3.63, 3.8) is 0 Å². The van der Waals surface area contributed by atoms with Gasteiger partial charge in [0.2, 0.25) is 0 Å². The Morgan fingerprint density at radius 1 is 1.00 bits per heavy atom. The predicted octanol–water partition coefficient (Wildman–Crippen LogP) is 4.13. The molecule has 2 nitrogen and oxygen atoms in total. The Bertz CT molecular complexity index is 532. The summed E-state index contributed by atoms with van der Waals surface area (Å²) in [7, 11) is 0. The lowest BCUT2D eigenvalue weighted by Crippen LogP contribution is -2.40. The minimum atomic E-state index is 0. The second kappa shape index (κ2) is 6.84. The third-order valence-corrected chi connectivity index (χ3v) is 5.76. The fourth-order valence-electron chi connectivity index (χ4n) is 4.27. The molecule has 0 amide bonds. The van der Waals surface area contributed by atoms with Crippen molar-refractivity contribution < 1.29 is 4.79 Å². The van der Waals surface area contributed by atoms with Crippen molar-refractivity contribution in [2.24, 2.45) is 17.8 Å². The SMILES string of the molecule is Br.O=C1c2ccccc2CCC1C1CCN(CC2CC2)CC1. The van der Waals surface area contributed by atoms with Gasteiger partial charge in [0, 0.05) is 18.0 Å². The van der Waals surface area contributed by atoms with Gasteiger partial charge >= 0.3 is 0 Å². The largest absolute Gasteiger partial charge is 0.303 e. The van der Waals surface area contributed by atoms with E-state index in [1.54, 1.807) is 0 Å². The molecule has 3 aliphatic rings. The molecule has 2 aliphatic carbocycles. The van der Waals surface area contributed by atoms with Crippen molar-refractivity contribution in [1.29, 1.82) is 0 Å². The Kier molecular flexibility index (Phi) is 5.03. The van der Waals surface area contributed by atoms with Crippen molar-refractivity contribution in [3.8, 4) is 0 Å².